The van der Waals surface area contributed by atoms with Gasteiger partial charge in [0.15, 0.2) is 10.7 Å². The van der Waals surface area contributed by atoms with E-state index in [4.69, 9.17) is 9.78 Å². The van der Waals surface area contributed by atoms with Gasteiger partial charge >= 0.3 is 0 Å². The largest absolute Gasteiger partial charge is 0.360 e. The van der Waals surface area contributed by atoms with E-state index in [1.165, 1.54) is 5.56 Å². The Labute approximate surface area is 199 Å². The summed E-state index contributed by atoms with van der Waals surface area (Å²) >= 11 is 0. The fourth-order valence-corrected chi connectivity index (χ4v) is 5.80. The van der Waals surface area contributed by atoms with Gasteiger partial charge in [0.2, 0.25) is 0 Å². The van der Waals surface area contributed by atoms with Crippen LogP contribution in [0.3, 0.4) is 0 Å². The summed E-state index contributed by atoms with van der Waals surface area (Å²) in [6, 6.07) is 14.8. The average Bonchev–Trinajstić information content (AvgIpc) is 3.18. The fraction of sp³-hybridized carbons (Fsp3) is 0.320. The summed E-state index contributed by atoms with van der Waals surface area (Å²) in [6.45, 7) is 6.11. The van der Waals surface area contributed by atoms with Gasteiger partial charge in [-0.3, -0.25) is 9.52 Å². The van der Waals surface area contributed by atoms with Gasteiger partial charge in [-0.2, -0.15) is 5.26 Å². The molecule has 1 fully saturated rings. The Morgan fingerprint density at radius 2 is 1.79 bits per heavy atom. The van der Waals surface area contributed by atoms with Crippen molar-refractivity contribution < 1.29 is 17.7 Å². The molecule has 0 bridgehead atoms. The lowest BCUT2D eigenvalue weighted by molar-refractivity contribution is 0.0713. The molecule has 1 amide bonds. The standard InChI is InChI=1S/C25H26N4O4S/c1-16-4-7-22(14-23(16)28-34(31,32)24-17(2)27-33-18(24)3)25(30)29-12-10-21(11-13-29)20-8-5-19(15-26)6-9-20/h4-9,14,21,28H,10-13H2,1-3H3. The summed E-state index contributed by atoms with van der Waals surface area (Å²) < 4.78 is 33.4. The van der Waals surface area contributed by atoms with Crippen molar-refractivity contribution in [2.75, 3.05) is 17.8 Å². The highest BCUT2D eigenvalue weighted by molar-refractivity contribution is 7.92. The molecular formula is C25H26N4O4S. The summed E-state index contributed by atoms with van der Waals surface area (Å²) in [4.78, 5) is 15.0. The number of hydrogen-bond donors (Lipinski definition) is 1. The second-order valence-electron chi connectivity index (χ2n) is 8.59. The number of aryl methyl sites for hydroxylation is 3. The third-order valence-corrected chi connectivity index (χ3v) is 7.87. The van der Waals surface area contributed by atoms with Crippen LogP contribution in [0.4, 0.5) is 5.69 Å². The molecule has 34 heavy (non-hydrogen) atoms. The molecule has 0 unspecified atom stereocenters. The minimum atomic E-state index is -3.92. The van der Waals surface area contributed by atoms with Gasteiger partial charge < -0.3 is 9.42 Å². The van der Waals surface area contributed by atoms with E-state index in [1.54, 1.807) is 43.9 Å². The SMILES string of the molecule is Cc1ccc(C(=O)N2CCC(c3ccc(C#N)cc3)CC2)cc1NS(=O)(=O)c1c(C)noc1C. The Morgan fingerprint density at radius 3 is 2.38 bits per heavy atom. The van der Waals surface area contributed by atoms with Crippen molar-refractivity contribution in [3.8, 4) is 6.07 Å². The molecule has 9 heteroatoms. The van der Waals surface area contributed by atoms with Gasteiger partial charge in [-0.1, -0.05) is 23.4 Å². The molecular weight excluding hydrogens is 452 g/mol. The second-order valence-corrected chi connectivity index (χ2v) is 10.2. The minimum Gasteiger partial charge on any atom is -0.360 e. The molecule has 0 atom stereocenters. The number of carbonyl (C=O) groups is 1. The van der Waals surface area contributed by atoms with Gasteiger partial charge in [-0.25, -0.2) is 8.42 Å². The van der Waals surface area contributed by atoms with Crippen LogP contribution in [0.1, 0.15) is 57.3 Å². The quantitative estimate of drug-likeness (QED) is 0.585. The molecule has 3 aromatic rings. The summed E-state index contributed by atoms with van der Waals surface area (Å²) in [5, 5.41) is 12.7. The molecule has 176 valence electrons. The van der Waals surface area contributed by atoms with E-state index in [0.717, 1.165) is 12.8 Å². The maximum Gasteiger partial charge on any atom is 0.267 e. The Hall–Kier alpha value is -3.64. The highest BCUT2D eigenvalue weighted by atomic mass is 32.2. The third-order valence-electron chi connectivity index (χ3n) is 6.26. The number of piperidine rings is 1. The van der Waals surface area contributed by atoms with Crippen molar-refractivity contribution in [3.63, 3.8) is 0 Å². The van der Waals surface area contributed by atoms with Gasteiger partial charge in [0, 0.05) is 18.7 Å². The van der Waals surface area contributed by atoms with Crippen LogP contribution in [0.25, 0.3) is 0 Å². The molecule has 1 saturated heterocycles. The number of nitrogens with zero attached hydrogens (tertiary/aromatic N) is 3. The number of carbonyl (C=O) groups excluding carboxylic acids is 1. The van der Waals surface area contributed by atoms with Crippen molar-refractivity contribution >= 4 is 21.6 Å². The van der Waals surface area contributed by atoms with Gasteiger partial charge in [0.1, 0.15) is 5.69 Å². The molecule has 2 aromatic carbocycles. The number of anilines is 1. The number of sulfonamides is 1. The lowest BCUT2D eigenvalue weighted by atomic mass is 9.89. The molecule has 1 aliphatic heterocycles. The van der Waals surface area contributed by atoms with Crippen LogP contribution in [-0.4, -0.2) is 37.5 Å². The van der Waals surface area contributed by atoms with Crippen LogP contribution in [0, 0.1) is 32.1 Å². The predicted molar refractivity (Wildman–Crippen MR) is 127 cm³/mol. The van der Waals surface area contributed by atoms with Crippen LogP contribution >= 0.6 is 0 Å². The molecule has 0 saturated carbocycles. The first-order valence-corrected chi connectivity index (χ1v) is 12.5. The number of likely N-dealkylation sites (tertiary alicyclic amines) is 1. The molecule has 1 aromatic heterocycles. The van der Waals surface area contributed by atoms with Crippen molar-refractivity contribution in [2.45, 2.75) is 44.4 Å². The molecule has 2 heterocycles. The van der Waals surface area contributed by atoms with E-state index >= 15 is 0 Å². The average molecular weight is 479 g/mol. The van der Waals surface area contributed by atoms with E-state index in [-0.39, 0.29) is 22.3 Å². The zero-order valence-corrected chi connectivity index (χ0v) is 20.1. The molecule has 0 spiro atoms. The van der Waals surface area contributed by atoms with Crippen molar-refractivity contribution in [2.24, 2.45) is 0 Å². The highest BCUT2D eigenvalue weighted by Crippen LogP contribution is 2.30. The monoisotopic (exact) mass is 478 g/mol. The number of benzene rings is 2. The summed E-state index contributed by atoms with van der Waals surface area (Å²) in [5.41, 5.74) is 3.57. The van der Waals surface area contributed by atoms with E-state index in [1.807, 2.05) is 24.3 Å². The van der Waals surface area contributed by atoms with E-state index in [2.05, 4.69) is 15.9 Å². The number of nitrogens with one attached hydrogen (secondary N) is 1. The Balaban J connectivity index is 1.47. The Bertz CT molecular complexity index is 1340. The lowest BCUT2D eigenvalue weighted by Gasteiger charge is -2.32. The van der Waals surface area contributed by atoms with Crippen LogP contribution in [0.15, 0.2) is 51.9 Å². The number of nitriles is 1. The summed E-state index contributed by atoms with van der Waals surface area (Å²) in [7, 11) is -3.92. The number of amides is 1. The van der Waals surface area contributed by atoms with Crippen molar-refractivity contribution in [3.05, 3.63) is 76.2 Å². The van der Waals surface area contributed by atoms with Gasteiger partial charge in [0.05, 0.1) is 17.3 Å². The Morgan fingerprint density at radius 1 is 1.12 bits per heavy atom. The molecule has 0 radical (unpaired) electrons. The summed E-state index contributed by atoms with van der Waals surface area (Å²) in [6.07, 6.45) is 1.66. The van der Waals surface area contributed by atoms with Crippen LogP contribution in [0.5, 0.6) is 0 Å². The molecule has 1 N–H and O–H groups in total. The smallest absolute Gasteiger partial charge is 0.267 e. The van der Waals surface area contributed by atoms with Crippen LogP contribution in [-0.2, 0) is 10.0 Å². The molecule has 4 rings (SSSR count). The van der Waals surface area contributed by atoms with Gasteiger partial charge in [-0.05, 0) is 74.9 Å². The first kappa shape index (κ1) is 23.5. The normalized spacial score (nSPS) is 14.6. The van der Waals surface area contributed by atoms with Gasteiger partial charge in [-0.15, -0.1) is 0 Å². The predicted octanol–water partition coefficient (Wildman–Crippen LogP) is 4.29. The number of hydrogen-bond acceptors (Lipinski definition) is 6. The molecule has 1 aliphatic rings. The minimum absolute atomic E-state index is 0.00787. The lowest BCUT2D eigenvalue weighted by Crippen LogP contribution is -2.38. The van der Waals surface area contributed by atoms with Crippen LogP contribution in [0.2, 0.25) is 0 Å². The summed E-state index contributed by atoms with van der Waals surface area (Å²) in [5.74, 6) is 0.420. The zero-order chi connectivity index (χ0) is 24.5. The first-order valence-electron chi connectivity index (χ1n) is 11.1. The van der Waals surface area contributed by atoms with Crippen molar-refractivity contribution in [1.29, 1.82) is 5.26 Å². The third kappa shape index (κ3) is 4.68. The van der Waals surface area contributed by atoms with E-state index in [9.17, 15) is 13.2 Å². The zero-order valence-electron chi connectivity index (χ0n) is 19.3. The van der Waals surface area contributed by atoms with E-state index < -0.39 is 10.0 Å². The number of aromatic nitrogens is 1. The van der Waals surface area contributed by atoms with Gasteiger partial charge in [0.25, 0.3) is 15.9 Å². The van der Waals surface area contributed by atoms with Crippen LogP contribution < -0.4 is 4.72 Å². The highest BCUT2D eigenvalue weighted by Gasteiger charge is 2.27. The maximum atomic E-state index is 13.2. The topological polar surface area (TPSA) is 116 Å². The second kappa shape index (κ2) is 9.31. The van der Waals surface area contributed by atoms with E-state index in [0.29, 0.717) is 41.4 Å². The maximum absolute atomic E-state index is 13.2. The van der Waals surface area contributed by atoms with Crippen molar-refractivity contribution in [1.82, 2.24) is 10.1 Å². The molecule has 8 nitrogen and oxygen atoms in total. The molecule has 0 aliphatic carbocycles. The number of rotatable bonds is 5. The Kier molecular flexibility index (Phi) is 6.44. The fourth-order valence-electron chi connectivity index (χ4n) is 4.35. The first-order chi connectivity index (χ1) is 16.2.